The largest absolute Gasteiger partial charge is 0.384 e. The van der Waals surface area contributed by atoms with Crippen molar-refractivity contribution in [1.29, 1.82) is 5.41 Å². The molecule has 3 nitrogen and oxygen atoms in total. The zero-order chi connectivity index (χ0) is 11.5. The van der Waals surface area contributed by atoms with Crippen molar-refractivity contribution < 1.29 is 9.13 Å². The molecule has 0 radical (unpaired) electrons. The number of benzene rings is 1. The summed E-state index contributed by atoms with van der Waals surface area (Å²) in [7, 11) is 0. The van der Waals surface area contributed by atoms with Crippen molar-refractivity contribution in [2.24, 2.45) is 11.7 Å². The van der Waals surface area contributed by atoms with Gasteiger partial charge in [0, 0.05) is 12.2 Å². The number of hydrogen-bond acceptors (Lipinski definition) is 2. The number of halogens is 1. The lowest BCUT2D eigenvalue weighted by Gasteiger charge is -2.07. The molecular formula is C12H15FN2O. The lowest BCUT2D eigenvalue weighted by atomic mass is 10.1. The van der Waals surface area contributed by atoms with Gasteiger partial charge in [0.15, 0.2) is 0 Å². The van der Waals surface area contributed by atoms with Gasteiger partial charge in [-0.05, 0) is 24.8 Å². The summed E-state index contributed by atoms with van der Waals surface area (Å²) in [6.07, 6.45) is 2.44. The van der Waals surface area contributed by atoms with Crippen LogP contribution in [0.4, 0.5) is 4.39 Å². The summed E-state index contributed by atoms with van der Waals surface area (Å²) in [6, 6.07) is 4.85. The third kappa shape index (κ3) is 2.58. The first-order chi connectivity index (χ1) is 7.68. The maximum atomic E-state index is 13.8. The Morgan fingerprint density at radius 1 is 1.50 bits per heavy atom. The fraction of sp³-hybridized carbons (Fsp3) is 0.417. The standard InChI is InChI=1S/C12H15FN2O/c13-11-9(7-16-6-8-4-5-8)2-1-3-10(11)12(14)15/h1-3,8H,4-7H2,(H3,14,15). The van der Waals surface area contributed by atoms with Gasteiger partial charge in [-0.15, -0.1) is 0 Å². The van der Waals surface area contributed by atoms with E-state index in [4.69, 9.17) is 15.9 Å². The van der Waals surface area contributed by atoms with E-state index in [1.807, 2.05) is 0 Å². The number of rotatable bonds is 5. The molecule has 86 valence electrons. The number of amidine groups is 1. The Labute approximate surface area is 93.9 Å². The molecule has 0 aromatic heterocycles. The van der Waals surface area contributed by atoms with Crippen molar-refractivity contribution in [1.82, 2.24) is 0 Å². The third-order valence-electron chi connectivity index (χ3n) is 2.68. The summed E-state index contributed by atoms with van der Waals surface area (Å²) in [4.78, 5) is 0. The molecule has 0 heterocycles. The van der Waals surface area contributed by atoms with Gasteiger partial charge in [-0.1, -0.05) is 12.1 Å². The molecule has 0 saturated heterocycles. The second kappa shape index (κ2) is 4.61. The molecule has 1 aliphatic rings. The molecule has 0 atom stereocenters. The van der Waals surface area contributed by atoms with Gasteiger partial charge < -0.3 is 10.5 Å². The molecule has 0 bridgehead atoms. The molecule has 0 amide bonds. The first-order valence-corrected chi connectivity index (χ1v) is 5.38. The van der Waals surface area contributed by atoms with Gasteiger partial charge >= 0.3 is 0 Å². The van der Waals surface area contributed by atoms with Gasteiger partial charge in [-0.3, -0.25) is 5.41 Å². The van der Waals surface area contributed by atoms with Crippen molar-refractivity contribution in [2.45, 2.75) is 19.4 Å². The third-order valence-corrected chi connectivity index (χ3v) is 2.68. The van der Waals surface area contributed by atoms with E-state index in [0.29, 0.717) is 18.1 Å². The van der Waals surface area contributed by atoms with Crippen LogP contribution in [-0.2, 0) is 11.3 Å². The molecule has 1 aromatic carbocycles. The number of hydrogen-bond donors (Lipinski definition) is 2. The van der Waals surface area contributed by atoms with Crippen LogP contribution in [0.2, 0.25) is 0 Å². The molecular weight excluding hydrogens is 207 g/mol. The van der Waals surface area contributed by atoms with Crippen molar-refractivity contribution >= 4 is 5.84 Å². The van der Waals surface area contributed by atoms with E-state index >= 15 is 0 Å². The molecule has 4 heteroatoms. The molecule has 1 fully saturated rings. The minimum atomic E-state index is -0.439. The fourth-order valence-corrected chi connectivity index (χ4v) is 1.52. The zero-order valence-electron chi connectivity index (χ0n) is 9.00. The normalized spacial score (nSPS) is 15.1. The summed E-state index contributed by atoms with van der Waals surface area (Å²) < 4.78 is 19.2. The number of nitrogen functional groups attached to an aromatic ring is 1. The molecule has 1 aliphatic carbocycles. The van der Waals surface area contributed by atoms with Gasteiger partial charge in [-0.2, -0.15) is 0 Å². The van der Waals surface area contributed by atoms with Crippen LogP contribution in [0.3, 0.4) is 0 Å². The average molecular weight is 222 g/mol. The Morgan fingerprint density at radius 2 is 2.25 bits per heavy atom. The molecule has 0 aliphatic heterocycles. The highest BCUT2D eigenvalue weighted by molar-refractivity contribution is 5.95. The summed E-state index contributed by atoms with van der Waals surface area (Å²) in [5, 5.41) is 7.23. The molecule has 16 heavy (non-hydrogen) atoms. The van der Waals surface area contributed by atoms with E-state index in [0.717, 1.165) is 0 Å². The van der Waals surface area contributed by atoms with Crippen molar-refractivity contribution in [3.63, 3.8) is 0 Å². The Balaban J connectivity index is 2.01. The smallest absolute Gasteiger partial charge is 0.139 e. The van der Waals surface area contributed by atoms with Crippen LogP contribution in [0.1, 0.15) is 24.0 Å². The zero-order valence-corrected chi connectivity index (χ0v) is 9.00. The number of nitrogens with one attached hydrogen (secondary N) is 1. The Bertz CT molecular complexity index is 402. The van der Waals surface area contributed by atoms with E-state index in [1.54, 1.807) is 12.1 Å². The first-order valence-electron chi connectivity index (χ1n) is 5.38. The van der Waals surface area contributed by atoms with Gasteiger partial charge in [-0.25, -0.2) is 4.39 Å². The summed E-state index contributed by atoms with van der Waals surface area (Å²) in [5.41, 5.74) is 5.88. The average Bonchev–Trinajstić information content (AvgIpc) is 3.04. The lowest BCUT2D eigenvalue weighted by Crippen LogP contribution is -2.14. The second-order valence-corrected chi connectivity index (χ2v) is 4.15. The molecule has 0 unspecified atom stereocenters. The van der Waals surface area contributed by atoms with Gasteiger partial charge in [0.25, 0.3) is 0 Å². The van der Waals surface area contributed by atoms with Gasteiger partial charge in [0.1, 0.15) is 11.7 Å². The second-order valence-electron chi connectivity index (χ2n) is 4.15. The van der Waals surface area contributed by atoms with Crippen LogP contribution in [0.25, 0.3) is 0 Å². The highest BCUT2D eigenvalue weighted by atomic mass is 19.1. The lowest BCUT2D eigenvalue weighted by molar-refractivity contribution is 0.109. The van der Waals surface area contributed by atoms with E-state index in [2.05, 4.69) is 0 Å². The SMILES string of the molecule is N=C(N)c1cccc(COCC2CC2)c1F. The van der Waals surface area contributed by atoms with Crippen molar-refractivity contribution in [2.75, 3.05) is 6.61 Å². The van der Waals surface area contributed by atoms with Crippen LogP contribution in [0.5, 0.6) is 0 Å². The quantitative estimate of drug-likeness (QED) is 0.591. The summed E-state index contributed by atoms with van der Waals surface area (Å²) >= 11 is 0. The molecule has 0 spiro atoms. The summed E-state index contributed by atoms with van der Waals surface area (Å²) in [6.45, 7) is 0.952. The van der Waals surface area contributed by atoms with E-state index < -0.39 is 5.82 Å². The van der Waals surface area contributed by atoms with Gasteiger partial charge in [0.05, 0.1) is 12.2 Å². The Kier molecular flexibility index (Phi) is 3.19. The Morgan fingerprint density at radius 3 is 2.88 bits per heavy atom. The number of nitrogens with two attached hydrogens (primary N) is 1. The van der Waals surface area contributed by atoms with E-state index in [-0.39, 0.29) is 18.0 Å². The topological polar surface area (TPSA) is 59.1 Å². The van der Waals surface area contributed by atoms with Crippen molar-refractivity contribution in [3.8, 4) is 0 Å². The van der Waals surface area contributed by atoms with Crippen LogP contribution in [0.15, 0.2) is 18.2 Å². The predicted octanol–water partition coefficient (Wildman–Crippen LogP) is 2.04. The van der Waals surface area contributed by atoms with Crippen LogP contribution in [0, 0.1) is 17.1 Å². The van der Waals surface area contributed by atoms with Gasteiger partial charge in [0.2, 0.25) is 0 Å². The maximum Gasteiger partial charge on any atom is 0.139 e. The minimum Gasteiger partial charge on any atom is -0.384 e. The molecule has 1 saturated carbocycles. The Hall–Kier alpha value is -1.42. The summed E-state index contributed by atoms with van der Waals surface area (Å²) in [5.74, 6) is -0.0219. The molecule has 3 N–H and O–H groups in total. The number of ether oxygens (including phenoxy) is 1. The van der Waals surface area contributed by atoms with Crippen molar-refractivity contribution in [3.05, 3.63) is 35.1 Å². The van der Waals surface area contributed by atoms with Crippen LogP contribution in [-0.4, -0.2) is 12.4 Å². The predicted molar refractivity (Wildman–Crippen MR) is 59.8 cm³/mol. The minimum absolute atomic E-state index is 0.146. The molecule has 1 aromatic rings. The highest BCUT2D eigenvalue weighted by Gasteiger charge is 2.21. The van der Waals surface area contributed by atoms with Crippen LogP contribution < -0.4 is 5.73 Å². The van der Waals surface area contributed by atoms with E-state index in [9.17, 15) is 4.39 Å². The monoisotopic (exact) mass is 222 g/mol. The van der Waals surface area contributed by atoms with Crippen LogP contribution >= 0.6 is 0 Å². The highest BCUT2D eigenvalue weighted by Crippen LogP contribution is 2.29. The fourth-order valence-electron chi connectivity index (χ4n) is 1.52. The first kappa shape index (κ1) is 11.1. The van der Waals surface area contributed by atoms with E-state index in [1.165, 1.54) is 18.9 Å². The molecule has 2 rings (SSSR count). The maximum absolute atomic E-state index is 13.8.